The van der Waals surface area contributed by atoms with Gasteiger partial charge in [0.1, 0.15) is 0 Å². The summed E-state index contributed by atoms with van der Waals surface area (Å²) in [6.45, 7) is 0. The molecule has 0 aliphatic rings. The Morgan fingerprint density at radius 2 is 0.667 bits per heavy atom. The Balaban J connectivity index is -0.00000000500. The summed E-state index contributed by atoms with van der Waals surface area (Å²) < 4.78 is 0. The van der Waals surface area contributed by atoms with Gasteiger partial charge in [-0.2, -0.15) is 0 Å². The molecule has 0 aliphatic heterocycles. The second kappa shape index (κ2) is 94.7. The van der Waals surface area contributed by atoms with Gasteiger partial charge >= 0.3 is 51.4 Å². The summed E-state index contributed by atoms with van der Waals surface area (Å²) in [6.07, 6.45) is 0. The number of halogens is 1. The monoisotopic (exact) mass is 126 g/mol. The fourth-order valence-corrected chi connectivity index (χ4v) is 0. The summed E-state index contributed by atoms with van der Waals surface area (Å²) >= 11 is 0. The summed E-state index contributed by atoms with van der Waals surface area (Å²) in [5.41, 5.74) is 0. The second-order valence-corrected chi connectivity index (χ2v) is 0. The fourth-order valence-electron chi connectivity index (χ4n) is 0. The minimum absolute atomic E-state index is 0. The van der Waals surface area contributed by atoms with Crippen LogP contribution in [0.4, 0.5) is 0 Å². The van der Waals surface area contributed by atoms with Crippen LogP contribution in [0.5, 0.6) is 0 Å². The molecule has 4 N–H and O–H groups in total. The molecule has 0 rings (SSSR count). The van der Waals surface area contributed by atoms with Crippen molar-refractivity contribution in [3.63, 3.8) is 0 Å². The normalized spacial score (nSPS) is 2.00. The van der Waals surface area contributed by atoms with Crippen LogP contribution in [0.25, 0.3) is 0 Å². The second-order valence-electron chi connectivity index (χ2n) is 0. The van der Waals surface area contributed by atoms with Crippen molar-refractivity contribution in [2.75, 3.05) is 0 Å². The van der Waals surface area contributed by atoms with Gasteiger partial charge in [-0.15, -0.1) is 0 Å². The molecule has 0 atom stereocenters. The molecule has 0 heterocycles. The van der Waals surface area contributed by atoms with Gasteiger partial charge in [-0.1, -0.05) is 0 Å². The zero-order valence-corrected chi connectivity index (χ0v) is 6.29. The maximum absolute atomic E-state index is 6.00. The number of hydrogen-bond acceptors (Lipinski definition) is 4. The van der Waals surface area contributed by atoms with E-state index in [9.17, 15) is 0 Å². The van der Waals surface area contributed by atoms with E-state index in [0.717, 1.165) is 0 Å². The fraction of sp³-hybridized carbons (Fsp3) is 0. The van der Waals surface area contributed by atoms with Crippen molar-refractivity contribution in [1.29, 1.82) is 0 Å². The maximum atomic E-state index is 6.00. The largest absolute Gasteiger partial charge is 1.00 e. The van der Waals surface area contributed by atoms with E-state index in [1.165, 1.54) is 0 Å². The number of hydrogen-bond donors (Lipinski definition) is 4. The summed E-state index contributed by atoms with van der Waals surface area (Å²) in [5, 5.41) is 24.0. The molecule has 0 aliphatic carbocycles. The van der Waals surface area contributed by atoms with Crippen LogP contribution in [-0.4, -0.2) is 21.0 Å². The predicted molar refractivity (Wildman–Crippen MR) is 10.5 cm³/mol. The summed E-state index contributed by atoms with van der Waals surface area (Å²) in [6, 6.07) is 0. The zero-order chi connectivity index (χ0) is 4.00. The van der Waals surface area contributed by atoms with E-state index in [4.69, 9.17) is 21.0 Å². The molecule has 0 aromatic rings. The minimum atomic E-state index is 0. The van der Waals surface area contributed by atoms with Gasteiger partial charge in [0.05, 0.1) is 0 Å². The van der Waals surface area contributed by atoms with Crippen molar-refractivity contribution in [3.8, 4) is 0 Å². The third kappa shape index (κ3) is 53.1. The zero-order valence-electron chi connectivity index (χ0n) is 3.17. The molecule has 0 unspecified atom stereocenters. The Morgan fingerprint density at radius 3 is 0.667 bits per heavy atom. The van der Waals surface area contributed by atoms with Crippen LogP contribution in [0.15, 0.2) is 0 Å². The molecular formula is H4FKO4. The van der Waals surface area contributed by atoms with Crippen LogP contribution in [0.1, 0.15) is 0 Å². The molecule has 0 radical (unpaired) electrons. The van der Waals surface area contributed by atoms with Gasteiger partial charge in [-0.05, 0) is 0 Å². The van der Waals surface area contributed by atoms with Crippen molar-refractivity contribution < 1.29 is 77.1 Å². The van der Waals surface area contributed by atoms with Crippen LogP contribution < -0.4 is 56.1 Å². The summed E-state index contributed by atoms with van der Waals surface area (Å²) in [4.78, 5) is 0. The van der Waals surface area contributed by atoms with Crippen molar-refractivity contribution >= 4 is 0 Å². The first-order chi connectivity index (χ1) is 2.00. The smallest absolute Gasteiger partial charge is 1.00 e. The van der Waals surface area contributed by atoms with Crippen LogP contribution in [-0.2, 0) is 0 Å². The van der Waals surface area contributed by atoms with Crippen LogP contribution >= 0.6 is 0 Å². The molecular weight excluding hydrogens is 122 g/mol. The Hall–Kier alpha value is 1.41. The molecule has 0 aromatic heterocycles. The van der Waals surface area contributed by atoms with Gasteiger partial charge in [-0.25, -0.2) is 0 Å². The van der Waals surface area contributed by atoms with Gasteiger partial charge in [0.25, 0.3) is 0 Å². The third-order valence-electron chi connectivity index (χ3n) is 0. The molecule has 6 heavy (non-hydrogen) atoms. The van der Waals surface area contributed by atoms with Gasteiger partial charge in [0.2, 0.25) is 0 Å². The molecule has 0 saturated carbocycles. The molecule has 0 saturated heterocycles. The molecule has 4 nitrogen and oxygen atoms in total. The average molecular weight is 126 g/mol. The van der Waals surface area contributed by atoms with Crippen LogP contribution in [0, 0.1) is 0 Å². The van der Waals surface area contributed by atoms with E-state index < -0.39 is 0 Å². The predicted octanol–water partition coefficient (Wildman–Crippen LogP) is -5.96. The Labute approximate surface area is 76.1 Å². The van der Waals surface area contributed by atoms with E-state index in [2.05, 4.69) is 0 Å². The summed E-state index contributed by atoms with van der Waals surface area (Å²) in [5.74, 6) is 0. The molecule has 36 valence electrons. The molecule has 6 heteroatoms. The van der Waals surface area contributed by atoms with Gasteiger partial charge < -0.3 is 4.70 Å². The van der Waals surface area contributed by atoms with Gasteiger partial charge in [-0.3, -0.25) is 21.0 Å². The molecule has 0 fully saturated rings. The minimum Gasteiger partial charge on any atom is -1.00 e. The van der Waals surface area contributed by atoms with E-state index in [-0.39, 0.29) is 56.1 Å². The van der Waals surface area contributed by atoms with E-state index in [1.54, 1.807) is 0 Å². The quantitative estimate of drug-likeness (QED) is 0.148. The van der Waals surface area contributed by atoms with E-state index in [1.807, 2.05) is 0 Å². The van der Waals surface area contributed by atoms with Gasteiger partial charge in [0, 0.05) is 0 Å². The van der Waals surface area contributed by atoms with Crippen molar-refractivity contribution in [1.82, 2.24) is 0 Å². The van der Waals surface area contributed by atoms with Crippen molar-refractivity contribution in [3.05, 3.63) is 0 Å². The Kier molecular flexibility index (Phi) is 413. The van der Waals surface area contributed by atoms with E-state index >= 15 is 0 Å². The first-order valence-corrected chi connectivity index (χ1v) is 0.400. The topological polar surface area (TPSA) is 80.9 Å². The van der Waals surface area contributed by atoms with E-state index in [0.29, 0.717) is 0 Å². The van der Waals surface area contributed by atoms with Crippen LogP contribution in [0.2, 0.25) is 0 Å². The maximum Gasteiger partial charge on any atom is 1.00 e. The SMILES string of the molecule is OO.OO.[F-].[K+]. The first kappa shape index (κ1) is 26.2. The molecule has 0 amide bonds. The number of rotatable bonds is 0. The molecule has 0 spiro atoms. The first-order valence-electron chi connectivity index (χ1n) is 0.400. The Morgan fingerprint density at radius 1 is 0.667 bits per heavy atom. The van der Waals surface area contributed by atoms with Crippen molar-refractivity contribution in [2.24, 2.45) is 0 Å². The standard InChI is InChI=1S/FH.K.2H2O2/c;;2*1-2/h1H;;2*1-2H/q;+1;;/p-1. The average Bonchev–Trinajstić information content (AvgIpc) is 1.50. The van der Waals surface area contributed by atoms with Gasteiger partial charge in [0.15, 0.2) is 0 Å². The molecule has 0 aromatic carbocycles. The summed E-state index contributed by atoms with van der Waals surface area (Å²) in [7, 11) is 0. The third-order valence-corrected chi connectivity index (χ3v) is 0. The molecule has 0 bridgehead atoms. The van der Waals surface area contributed by atoms with Crippen molar-refractivity contribution in [2.45, 2.75) is 0 Å². The Bertz CT molecular complexity index is 7.51. The van der Waals surface area contributed by atoms with Crippen LogP contribution in [0.3, 0.4) is 0 Å².